The van der Waals surface area contributed by atoms with E-state index < -0.39 is 0 Å². The van der Waals surface area contributed by atoms with Crippen LogP contribution in [0.3, 0.4) is 0 Å². The van der Waals surface area contributed by atoms with Gasteiger partial charge >= 0.3 is 6.01 Å². The van der Waals surface area contributed by atoms with Crippen LogP contribution in [0.5, 0.6) is 6.01 Å². The van der Waals surface area contributed by atoms with E-state index in [1.54, 1.807) is 4.68 Å². The van der Waals surface area contributed by atoms with Crippen molar-refractivity contribution in [1.29, 1.82) is 0 Å². The largest absolute Gasteiger partial charge is 0.463 e. The van der Waals surface area contributed by atoms with Crippen LogP contribution in [0, 0.1) is 13.8 Å². The highest BCUT2D eigenvalue weighted by atomic mass is 79.9. The molecule has 0 unspecified atom stereocenters. The highest BCUT2D eigenvalue weighted by Crippen LogP contribution is 2.22. The Balaban J connectivity index is 2.45. The molecule has 0 radical (unpaired) electrons. The molecule has 0 saturated heterocycles. The van der Waals surface area contributed by atoms with E-state index in [1.807, 2.05) is 27.7 Å². The van der Waals surface area contributed by atoms with Gasteiger partial charge in [0.25, 0.3) is 5.95 Å². The van der Waals surface area contributed by atoms with E-state index in [-0.39, 0.29) is 0 Å². The molecule has 0 saturated carbocycles. The van der Waals surface area contributed by atoms with Crippen molar-refractivity contribution in [3.63, 3.8) is 0 Å². The van der Waals surface area contributed by atoms with Crippen molar-refractivity contribution in [2.45, 2.75) is 34.1 Å². The van der Waals surface area contributed by atoms with Crippen LogP contribution < -0.4 is 10.1 Å². The van der Waals surface area contributed by atoms with E-state index in [0.717, 1.165) is 28.8 Å². The van der Waals surface area contributed by atoms with Crippen LogP contribution in [0.15, 0.2) is 4.47 Å². The average Bonchev–Trinajstić information content (AvgIpc) is 2.73. The average molecular weight is 355 g/mol. The first-order valence-corrected chi connectivity index (χ1v) is 7.71. The summed E-state index contributed by atoms with van der Waals surface area (Å²) in [6.07, 6.45) is 0.892. The number of hydrogen-bond donors (Lipinski definition) is 1. The molecule has 0 aromatic carbocycles. The van der Waals surface area contributed by atoms with E-state index in [0.29, 0.717) is 24.5 Å². The maximum absolute atomic E-state index is 5.53. The molecule has 0 aliphatic carbocycles. The number of anilines is 1. The first-order valence-electron chi connectivity index (χ1n) is 6.91. The van der Waals surface area contributed by atoms with Gasteiger partial charge in [-0.1, -0.05) is 6.92 Å². The van der Waals surface area contributed by atoms with E-state index in [2.05, 4.69) is 41.3 Å². The summed E-state index contributed by atoms with van der Waals surface area (Å²) in [4.78, 5) is 13.0. The number of nitrogens with one attached hydrogen (secondary N) is 1. The molecule has 1 N–H and O–H groups in total. The van der Waals surface area contributed by atoms with E-state index in [4.69, 9.17) is 4.74 Å². The van der Waals surface area contributed by atoms with Crippen molar-refractivity contribution in [2.75, 3.05) is 18.5 Å². The summed E-state index contributed by atoms with van der Waals surface area (Å²) < 4.78 is 8.16. The maximum atomic E-state index is 5.53. The third-order valence-electron chi connectivity index (χ3n) is 2.77. The predicted molar refractivity (Wildman–Crippen MR) is 84.1 cm³/mol. The Morgan fingerprint density at radius 2 is 1.95 bits per heavy atom. The van der Waals surface area contributed by atoms with Crippen molar-refractivity contribution in [2.24, 2.45) is 0 Å². The van der Waals surface area contributed by atoms with Crippen LogP contribution in [0.4, 0.5) is 5.95 Å². The number of aryl methyl sites for hydroxylation is 1. The fraction of sp³-hybridized carbons (Fsp3) is 0.538. The lowest BCUT2D eigenvalue weighted by Gasteiger charge is -2.09. The highest BCUT2D eigenvalue weighted by molar-refractivity contribution is 9.10. The molecule has 2 rings (SSSR count). The van der Waals surface area contributed by atoms with Gasteiger partial charge in [0.15, 0.2) is 0 Å². The fourth-order valence-corrected chi connectivity index (χ4v) is 2.00. The van der Waals surface area contributed by atoms with Crippen molar-refractivity contribution in [3.05, 3.63) is 15.9 Å². The minimum Gasteiger partial charge on any atom is -0.463 e. The van der Waals surface area contributed by atoms with Crippen LogP contribution in [-0.2, 0) is 0 Å². The van der Waals surface area contributed by atoms with Crippen LogP contribution >= 0.6 is 15.9 Å². The highest BCUT2D eigenvalue weighted by Gasteiger charge is 2.15. The SMILES string of the molecule is CCCOc1nc(NCC)nc(-n2nc(C)c(Br)c2C)n1. The minimum atomic E-state index is 0.307. The van der Waals surface area contributed by atoms with Crippen molar-refractivity contribution in [1.82, 2.24) is 24.7 Å². The quantitative estimate of drug-likeness (QED) is 0.858. The van der Waals surface area contributed by atoms with Crippen molar-refractivity contribution < 1.29 is 4.74 Å². The predicted octanol–water partition coefficient (Wildman–Crippen LogP) is 2.66. The molecule has 7 nitrogen and oxygen atoms in total. The molecule has 114 valence electrons. The third kappa shape index (κ3) is 3.49. The maximum Gasteiger partial charge on any atom is 0.323 e. The van der Waals surface area contributed by atoms with Crippen molar-refractivity contribution in [3.8, 4) is 12.0 Å². The Labute approximate surface area is 132 Å². The van der Waals surface area contributed by atoms with E-state index >= 15 is 0 Å². The van der Waals surface area contributed by atoms with Crippen LogP contribution in [0.1, 0.15) is 31.7 Å². The number of halogens is 1. The van der Waals surface area contributed by atoms with Gasteiger partial charge in [-0.25, -0.2) is 4.68 Å². The third-order valence-corrected chi connectivity index (χ3v) is 3.91. The molecule has 0 fully saturated rings. The zero-order valence-corrected chi connectivity index (χ0v) is 14.2. The zero-order valence-electron chi connectivity index (χ0n) is 12.6. The Morgan fingerprint density at radius 1 is 1.19 bits per heavy atom. The standard InChI is InChI=1S/C13H19BrN6O/c1-5-7-21-13-17-11(15-6-2)16-12(18-13)20-9(4)10(14)8(3)19-20/h5-7H2,1-4H3,(H,15,16,17,18). The lowest BCUT2D eigenvalue weighted by atomic mass is 10.4. The van der Waals surface area contributed by atoms with Gasteiger partial charge in [-0.2, -0.15) is 20.1 Å². The summed E-state index contributed by atoms with van der Waals surface area (Å²) in [5.74, 6) is 0.927. The second kappa shape index (κ2) is 6.84. The normalized spacial score (nSPS) is 10.7. The van der Waals surface area contributed by atoms with Gasteiger partial charge in [-0.15, -0.1) is 0 Å². The lowest BCUT2D eigenvalue weighted by molar-refractivity contribution is 0.291. The molecule has 0 aliphatic rings. The smallest absolute Gasteiger partial charge is 0.323 e. The van der Waals surface area contributed by atoms with Gasteiger partial charge in [-0.05, 0) is 43.1 Å². The molecule has 2 aromatic heterocycles. The number of aromatic nitrogens is 5. The van der Waals surface area contributed by atoms with Crippen LogP contribution in [0.25, 0.3) is 5.95 Å². The summed E-state index contributed by atoms with van der Waals surface area (Å²) in [7, 11) is 0. The molecule has 0 spiro atoms. The summed E-state index contributed by atoms with van der Waals surface area (Å²) >= 11 is 3.51. The molecule has 8 heteroatoms. The van der Waals surface area contributed by atoms with Gasteiger partial charge in [0, 0.05) is 6.54 Å². The summed E-state index contributed by atoms with van der Waals surface area (Å²) in [5.41, 5.74) is 1.82. The van der Waals surface area contributed by atoms with Gasteiger partial charge < -0.3 is 10.1 Å². The molecule has 0 bridgehead atoms. The summed E-state index contributed by atoms with van der Waals surface area (Å²) in [5, 5.41) is 7.52. The van der Waals surface area contributed by atoms with E-state index in [1.165, 1.54) is 0 Å². The molecular weight excluding hydrogens is 336 g/mol. The second-order valence-electron chi connectivity index (χ2n) is 4.52. The van der Waals surface area contributed by atoms with Gasteiger partial charge in [0.2, 0.25) is 5.95 Å². The number of hydrogen-bond acceptors (Lipinski definition) is 6. The first-order chi connectivity index (χ1) is 10.1. The Hall–Kier alpha value is -1.70. The summed E-state index contributed by atoms with van der Waals surface area (Å²) in [6.45, 7) is 9.18. The Bertz CT molecular complexity index is 627. The number of rotatable bonds is 6. The molecular formula is C13H19BrN6O. The van der Waals surface area contributed by atoms with Crippen molar-refractivity contribution >= 4 is 21.9 Å². The molecule has 0 atom stereocenters. The summed E-state index contributed by atoms with van der Waals surface area (Å²) in [6, 6.07) is 0.307. The van der Waals surface area contributed by atoms with Gasteiger partial charge in [0.05, 0.1) is 22.5 Å². The molecule has 2 heterocycles. The molecule has 21 heavy (non-hydrogen) atoms. The monoisotopic (exact) mass is 354 g/mol. The minimum absolute atomic E-state index is 0.307. The van der Waals surface area contributed by atoms with Gasteiger partial charge in [-0.3, -0.25) is 0 Å². The van der Waals surface area contributed by atoms with Crippen LogP contribution in [-0.4, -0.2) is 37.9 Å². The Morgan fingerprint density at radius 3 is 2.52 bits per heavy atom. The molecule has 0 aliphatic heterocycles. The molecule has 2 aromatic rings. The first kappa shape index (κ1) is 15.7. The van der Waals surface area contributed by atoms with Crippen LogP contribution in [0.2, 0.25) is 0 Å². The van der Waals surface area contributed by atoms with Gasteiger partial charge in [0.1, 0.15) is 0 Å². The second-order valence-corrected chi connectivity index (χ2v) is 5.31. The molecule has 0 amide bonds. The number of ether oxygens (including phenoxy) is 1. The topological polar surface area (TPSA) is 77.8 Å². The number of nitrogens with zero attached hydrogens (tertiary/aromatic N) is 5. The fourth-order valence-electron chi connectivity index (χ4n) is 1.75. The zero-order chi connectivity index (χ0) is 15.4. The Kier molecular flexibility index (Phi) is 5.11. The lowest BCUT2D eigenvalue weighted by Crippen LogP contribution is -2.12. The van der Waals surface area contributed by atoms with E-state index in [9.17, 15) is 0 Å².